The molecule has 1 aromatic heterocycles. The Morgan fingerprint density at radius 1 is 1.44 bits per heavy atom. The van der Waals surface area contributed by atoms with Gasteiger partial charge in [-0.1, -0.05) is 11.6 Å². The molecule has 8 heteroatoms. The van der Waals surface area contributed by atoms with E-state index in [1.807, 2.05) is 0 Å². The van der Waals surface area contributed by atoms with Gasteiger partial charge < -0.3 is 9.47 Å². The van der Waals surface area contributed by atoms with Crippen LogP contribution in [0, 0.1) is 0 Å². The number of nitrogens with one attached hydrogen (secondary N) is 1. The molecule has 5 nitrogen and oxygen atoms in total. The van der Waals surface area contributed by atoms with Gasteiger partial charge >= 0.3 is 0 Å². The molecule has 1 N–H and O–H groups in total. The van der Waals surface area contributed by atoms with E-state index in [0.717, 1.165) is 11.3 Å². The van der Waals surface area contributed by atoms with E-state index in [1.165, 1.54) is 6.07 Å². The summed E-state index contributed by atoms with van der Waals surface area (Å²) in [5.74, 6) is -0.685. The van der Waals surface area contributed by atoms with Crippen LogP contribution in [0.4, 0.5) is 0 Å². The molecule has 0 aliphatic carbocycles. The Labute approximate surface area is 115 Å². The zero-order valence-corrected chi connectivity index (χ0v) is 12.2. The number of sulfonamides is 1. The van der Waals surface area contributed by atoms with Crippen LogP contribution in [0.3, 0.4) is 0 Å². The van der Waals surface area contributed by atoms with Crippen molar-refractivity contribution in [3.63, 3.8) is 0 Å². The number of halogens is 1. The van der Waals surface area contributed by atoms with Gasteiger partial charge in [0, 0.05) is 13.0 Å². The summed E-state index contributed by atoms with van der Waals surface area (Å²) >= 11 is 6.74. The first-order valence-electron chi connectivity index (χ1n) is 5.44. The molecular formula is C10H14ClNO4S2. The quantitative estimate of drug-likeness (QED) is 0.901. The summed E-state index contributed by atoms with van der Waals surface area (Å²) in [6, 6.07) is 3.05. The second-order valence-corrected chi connectivity index (χ2v) is 7.75. The average molecular weight is 312 g/mol. The topological polar surface area (TPSA) is 64.6 Å². The lowest BCUT2D eigenvalue weighted by atomic mass is 10.2. The molecule has 0 spiro atoms. The van der Waals surface area contributed by atoms with Crippen molar-refractivity contribution >= 4 is 33.0 Å². The van der Waals surface area contributed by atoms with E-state index in [4.69, 9.17) is 21.1 Å². The average Bonchev–Trinajstić information content (AvgIpc) is 2.88. The first-order valence-corrected chi connectivity index (χ1v) is 8.12. The Hall–Kier alpha value is -0.180. The molecule has 1 aromatic rings. The predicted molar refractivity (Wildman–Crippen MR) is 69.4 cm³/mol. The molecular weight excluding hydrogens is 298 g/mol. The second kappa shape index (κ2) is 5.44. The van der Waals surface area contributed by atoms with Crippen LogP contribution >= 0.6 is 22.9 Å². The number of ether oxygens (including phenoxy) is 2. The van der Waals surface area contributed by atoms with Crippen molar-refractivity contribution in [2.75, 3.05) is 19.8 Å². The molecule has 1 aliphatic heterocycles. The summed E-state index contributed by atoms with van der Waals surface area (Å²) in [7, 11) is -3.48. The summed E-state index contributed by atoms with van der Waals surface area (Å²) in [4.78, 5) is 0. The van der Waals surface area contributed by atoms with Gasteiger partial charge in [-0.25, -0.2) is 13.1 Å². The largest absolute Gasteiger partial charge is 0.348 e. The van der Waals surface area contributed by atoms with Crippen LogP contribution in [-0.2, 0) is 19.5 Å². The minimum absolute atomic E-state index is 0.214. The van der Waals surface area contributed by atoms with E-state index in [0.29, 0.717) is 24.0 Å². The Morgan fingerprint density at radius 2 is 2.11 bits per heavy atom. The van der Waals surface area contributed by atoms with Crippen LogP contribution in [0.2, 0.25) is 4.34 Å². The smallest absolute Gasteiger partial charge is 0.250 e. The fourth-order valence-corrected chi connectivity index (χ4v) is 4.19. The van der Waals surface area contributed by atoms with Gasteiger partial charge in [-0.05, 0) is 19.1 Å². The highest BCUT2D eigenvalue weighted by atomic mass is 35.5. The molecule has 1 saturated heterocycles. The standard InChI is InChI=1S/C10H14ClNO4S2/c1-10(15-6-7-16-10)4-5-12-18(13,14)9-3-2-8(11)17-9/h2-3,12H,4-7H2,1H3. The summed E-state index contributed by atoms with van der Waals surface area (Å²) < 4.78 is 37.7. The molecule has 0 radical (unpaired) electrons. The van der Waals surface area contributed by atoms with E-state index in [1.54, 1.807) is 13.0 Å². The van der Waals surface area contributed by atoms with Crippen molar-refractivity contribution in [3.8, 4) is 0 Å². The van der Waals surface area contributed by atoms with Crippen LogP contribution in [0.25, 0.3) is 0 Å². The zero-order chi connectivity index (χ0) is 13.2. The van der Waals surface area contributed by atoms with Crippen molar-refractivity contribution in [1.82, 2.24) is 4.72 Å². The fraction of sp³-hybridized carbons (Fsp3) is 0.600. The Morgan fingerprint density at radius 3 is 2.67 bits per heavy atom. The first-order chi connectivity index (χ1) is 8.41. The maximum atomic E-state index is 11.9. The molecule has 102 valence electrons. The first kappa shape index (κ1) is 14.2. The van der Waals surface area contributed by atoms with E-state index >= 15 is 0 Å². The van der Waals surface area contributed by atoms with E-state index in [-0.39, 0.29) is 10.8 Å². The maximum Gasteiger partial charge on any atom is 0.250 e. The fourth-order valence-electron chi connectivity index (χ4n) is 1.63. The molecule has 2 heterocycles. The molecule has 1 aliphatic rings. The van der Waals surface area contributed by atoms with Crippen LogP contribution in [0.15, 0.2) is 16.3 Å². The number of thiophene rings is 1. The predicted octanol–water partition coefficient (Wildman–Crippen LogP) is 1.83. The van der Waals surface area contributed by atoms with Crippen molar-refractivity contribution in [1.29, 1.82) is 0 Å². The molecule has 18 heavy (non-hydrogen) atoms. The van der Waals surface area contributed by atoms with Gasteiger partial charge in [0.25, 0.3) is 0 Å². The Balaban J connectivity index is 1.90. The van der Waals surface area contributed by atoms with Crippen molar-refractivity contribution in [3.05, 3.63) is 16.5 Å². The third-order valence-electron chi connectivity index (χ3n) is 2.58. The summed E-state index contributed by atoms with van der Waals surface area (Å²) in [5.41, 5.74) is 0. The number of rotatable bonds is 5. The Kier molecular flexibility index (Phi) is 4.30. The molecule has 0 aromatic carbocycles. The summed E-state index contributed by atoms with van der Waals surface area (Å²) in [6.45, 7) is 3.15. The minimum Gasteiger partial charge on any atom is -0.348 e. The maximum absolute atomic E-state index is 11.9. The van der Waals surface area contributed by atoms with Gasteiger partial charge in [0.05, 0.1) is 17.6 Å². The molecule has 0 atom stereocenters. The lowest BCUT2D eigenvalue weighted by Crippen LogP contribution is -2.33. The summed E-state index contributed by atoms with van der Waals surface area (Å²) in [5, 5.41) is 0. The summed E-state index contributed by atoms with van der Waals surface area (Å²) in [6.07, 6.45) is 0.464. The minimum atomic E-state index is -3.48. The number of hydrogen-bond donors (Lipinski definition) is 1. The van der Waals surface area contributed by atoms with Crippen LogP contribution in [-0.4, -0.2) is 34.0 Å². The van der Waals surface area contributed by atoms with E-state index in [9.17, 15) is 8.42 Å². The van der Waals surface area contributed by atoms with Gasteiger partial charge in [-0.15, -0.1) is 11.3 Å². The Bertz CT molecular complexity index is 508. The van der Waals surface area contributed by atoms with Gasteiger partial charge in [0.2, 0.25) is 10.0 Å². The number of hydrogen-bond acceptors (Lipinski definition) is 5. The van der Waals surface area contributed by atoms with Crippen molar-refractivity contribution < 1.29 is 17.9 Å². The van der Waals surface area contributed by atoms with Gasteiger partial charge in [0.1, 0.15) is 4.21 Å². The highest BCUT2D eigenvalue weighted by molar-refractivity contribution is 7.91. The molecule has 0 unspecified atom stereocenters. The SMILES string of the molecule is CC1(CCNS(=O)(=O)c2ccc(Cl)s2)OCCO1. The normalized spacial score (nSPS) is 19.2. The van der Waals surface area contributed by atoms with Crippen molar-refractivity contribution in [2.24, 2.45) is 0 Å². The molecule has 0 bridgehead atoms. The van der Waals surface area contributed by atoms with Crippen LogP contribution < -0.4 is 4.72 Å². The second-order valence-electron chi connectivity index (χ2n) is 4.04. The third kappa shape index (κ3) is 3.43. The van der Waals surface area contributed by atoms with E-state index < -0.39 is 15.8 Å². The lowest BCUT2D eigenvalue weighted by molar-refractivity contribution is -0.145. The molecule has 0 saturated carbocycles. The molecule has 2 rings (SSSR count). The lowest BCUT2D eigenvalue weighted by Gasteiger charge is -2.21. The van der Waals surface area contributed by atoms with Crippen LogP contribution in [0.5, 0.6) is 0 Å². The highest BCUT2D eigenvalue weighted by Gasteiger charge is 2.31. The molecule has 1 fully saturated rings. The van der Waals surface area contributed by atoms with Gasteiger partial charge in [-0.3, -0.25) is 0 Å². The highest BCUT2D eigenvalue weighted by Crippen LogP contribution is 2.26. The monoisotopic (exact) mass is 311 g/mol. The molecule has 0 amide bonds. The van der Waals surface area contributed by atoms with Gasteiger partial charge in [0.15, 0.2) is 5.79 Å². The van der Waals surface area contributed by atoms with Crippen LogP contribution in [0.1, 0.15) is 13.3 Å². The van der Waals surface area contributed by atoms with Gasteiger partial charge in [-0.2, -0.15) is 0 Å². The third-order valence-corrected chi connectivity index (χ3v) is 5.77. The van der Waals surface area contributed by atoms with Crippen molar-refractivity contribution in [2.45, 2.75) is 23.3 Å². The zero-order valence-electron chi connectivity index (χ0n) is 9.81. The van der Waals surface area contributed by atoms with E-state index in [2.05, 4.69) is 4.72 Å².